The van der Waals surface area contributed by atoms with E-state index in [9.17, 15) is 9.59 Å². The summed E-state index contributed by atoms with van der Waals surface area (Å²) < 4.78 is 0. The van der Waals surface area contributed by atoms with Crippen molar-refractivity contribution in [3.63, 3.8) is 0 Å². The molecule has 2 aromatic rings. The zero-order chi connectivity index (χ0) is 22.9. The summed E-state index contributed by atoms with van der Waals surface area (Å²) >= 11 is 1.75. The molecule has 168 valence electrons. The Labute approximate surface area is 191 Å². The van der Waals surface area contributed by atoms with Crippen LogP contribution in [0.1, 0.15) is 57.2 Å². The maximum atomic E-state index is 13.2. The van der Waals surface area contributed by atoms with Crippen molar-refractivity contribution in [2.45, 2.75) is 71.3 Å². The molecule has 0 saturated heterocycles. The Morgan fingerprint density at radius 3 is 2.23 bits per heavy atom. The van der Waals surface area contributed by atoms with Crippen LogP contribution in [0.3, 0.4) is 0 Å². The minimum Gasteiger partial charge on any atom is -0.350 e. The van der Waals surface area contributed by atoms with Gasteiger partial charge in [-0.25, -0.2) is 0 Å². The zero-order valence-electron chi connectivity index (χ0n) is 19.5. The SMILES string of the molecule is CCC(C(=O)NC(C)(C)C)N(Cc1ccc(C)cc1)C(=O)CCSCc1ccccc1. The lowest BCUT2D eigenvalue weighted by atomic mass is 10.0. The smallest absolute Gasteiger partial charge is 0.243 e. The number of carbonyl (C=O) groups excluding carboxylic acids is 2. The van der Waals surface area contributed by atoms with Gasteiger partial charge >= 0.3 is 0 Å². The fraction of sp³-hybridized carbons (Fsp3) is 0.462. The molecule has 0 bridgehead atoms. The van der Waals surface area contributed by atoms with Gasteiger partial charge < -0.3 is 10.2 Å². The van der Waals surface area contributed by atoms with Crippen LogP contribution < -0.4 is 5.32 Å². The molecule has 2 rings (SSSR count). The Kier molecular flexibility index (Phi) is 9.63. The molecule has 0 spiro atoms. The van der Waals surface area contributed by atoms with Gasteiger partial charge in [0.15, 0.2) is 0 Å². The van der Waals surface area contributed by atoms with E-state index in [1.807, 2.05) is 77.1 Å². The topological polar surface area (TPSA) is 49.4 Å². The first-order valence-corrected chi connectivity index (χ1v) is 12.1. The van der Waals surface area contributed by atoms with E-state index >= 15 is 0 Å². The van der Waals surface area contributed by atoms with Crippen molar-refractivity contribution in [1.29, 1.82) is 0 Å². The Bertz CT molecular complexity index is 829. The summed E-state index contributed by atoms with van der Waals surface area (Å²) in [5, 5.41) is 3.05. The van der Waals surface area contributed by atoms with E-state index in [2.05, 4.69) is 17.4 Å². The van der Waals surface area contributed by atoms with Crippen LogP contribution >= 0.6 is 11.8 Å². The minimum absolute atomic E-state index is 0.0250. The first kappa shape index (κ1) is 25.0. The van der Waals surface area contributed by atoms with Crippen LogP contribution in [0.5, 0.6) is 0 Å². The summed E-state index contributed by atoms with van der Waals surface area (Å²) in [7, 11) is 0. The zero-order valence-corrected chi connectivity index (χ0v) is 20.3. The number of carbonyl (C=O) groups is 2. The van der Waals surface area contributed by atoms with Crippen molar-refractivity contribution >= 4 is 23.6 Å². The van der Waals surface area contributed by atoms with Gasteiger partial charge in [-0.05, 0) is 45.2 Å². The molecular weight excluding hydrogens is 404 g/mol. The highest BCUT2D eigenvalue weighted by molar-refractivity contribution is 7.98. The summed E-state index contributed by atoms with van der Waals surface area (Å²) in [5.74, 6) is 1.55. The number of hydrogen-bond donors (Lipinski definition) is 1. The van der Waals surface area contributed by atoms with Gasteiger partial charge in [0.05, 0.1) is 0 Å². The lowest BCUT2D eigenvalue weighted by molar-refractivity contribution is -0.141. The molecule has 0 saturated carbocycles. The number of nitrogens with zero attached hydrogens (tertiary/aromatic N) is 1. The molecule has 2 amide bonds. The molecule has 1 atom stereocenters. The molecular formula is C26H36N2O2S. The molecule has 0 radical (unpaired) electrons. The van der Waals surface area contributed by atoms with E-state index in [0.717, 1.165) is 17.1 Å². The second kappa shape index (κ2) is 11.9. The van der Waals surface area contributed by atoms with E-state index in [0.29, 0.717) is 19.4 Å². The highest BCUT2D eigenvalue weighted by atomic mass is 32.2. The molecule has 5 heteroatoms. The van der Waals surface area contributed by atoms with Gasteiger partial charge in [-0.2, -0.15) is 11.8 Å². The molecule has 0 aliphatic carbocycles. The van der Waals surface area contributed by atoms with Crippen molar-refractivity contribution in [1.82, 2.24) is 10.2 Å². The van der Waals surface area contributed by atoms with E-state index in [4.69, 9.17) is 0 Å². The average molecular weight is 441 g/mol. The normalized spacial score (nSPS) is 12.3. The molecule has 0 aliphatic heterocycles. The average Bonchev–Trinajstić information content (AvgIpc) is 2.72. The number of nitrogens with one attached hydrogen (secondary N) is 1. The molecule has 0 aliphatic rings. The van der Waals surface area contributed by atoms with Crippen molar-refractivity contribution in [3.8, 4) is 0 Å². The maximum absolute atomic E-state index is 13.2. The fourth-order valence-corrected chi connectivity index (χ4v) is 4.22. The van der Waals surface area contributed by atoms with Crippen LogP contribution in [0.2, 0.25) is 0 Å². The number of amides is 2. The molecule has 0 heterocycles. The maximum Gasteiger partial charge on any atom is 0.243 e. The summed E-state index contributed by atoms with van der Waals surface area (Å²) in [4.78, 5) is 28.0. The van der Waals surface area contributed by atoms with Gasteiger partial charge in [-0.15, -0.1) is 0 Å². The molecule has 0 fully saturated rings. The molecule has 31 heavy (non-hydrogen) atoms. The number of benzene rings is 2. The summed E-state index contributed by atoms with van der Waals surface area (Å²) in [6.07, 6.45) is 0.999. The highest BCUT2D eigenvalue weighted by Crippen LogP contribution is 2.18. The summed E-state index contributed by atoms with van der Waals surface area (Å²) in [5.41, 5.74) is 3.14. The third kappa shape index (κ3) is 8.78. The standard InChI is InChI=1S/C26H36N2O2S/c1-6-23(25(30)27-26(3,4)5)28(18-21-14-12-20(2)13-15-21)24(29)16-17-31-19-22-10-8-7-9-11-22/h7-15,23H,6,16-19H2,1-5H3,(H,27,30). The van der Waals surface area contributed by atoms with Crippen LogP contribution in [0.4, 0.5) is 0 Å². The number of thioether (sulfide) groups is 1. The van der Waals surface area contributed by atoms with Crippen LogP contribution in [-0.4, -0.2) is 34.0 Å². The van der Waals surface area contributed by atoms with Crippen LogP contribution in [-0.2, 0) is 21.9 Å². The lowest BCUT2D eigenvalue weighted by Gasteiger charge is -2.33. The van der Waals surface area contributed by atoms with Gasteiger partial charge in [0.1, 0.15) is 6.04 Å². The summed E-state index contributed by atoms with van der Waals surface area (Å²) in [6.45, 7) is 10.3. The molecule has 1 N–H and O–H groups in total. The minimum atomic E-state index is -0.479. The predicted molar refractivity (Wildman–Crippen MR) is 131 cm³/mol. The van der Waals surface area contributed by atoms with Crippen LogP contribution in [0.25, 0.3) is 0 Å². The van der Waals surface area contributed by atoms with Gasteiger partial charge in [-0.1, -0.05) is 67.1 Å². The number of hydrogen-bond acceptors (Lipinski definition) is 3. The van der Waals surface area contributed by atoms with Crippen molar-refractivity contribution in [3.05, 3.63) is 71.3 Å². The largest absolute Gasteiger partial charge is 0.350 e. The van der Waals surface area contributed by atoms with Crippen molar-refractivity contribution in [2.75, 3.05) is 5.75 Å². The summed E-state index contributed by atoms with van der Waals surface area (Å²) in [6, 6.07) is 18.0. The fourth-order valence-electron chi connectivity index (χ4n) is 3.33. The van der Waals surface area contributed by atoms with E-state index < -0.39 is 6.04 Å². The molecule has 0 aromatic heterocycles. The Morgan fingerprint density at radius 1 is 1.00 bits per heavy atom. The van der Waals surface area contributed by atoms with Gasteiger partial charge in [0.25, 0.3) is 0 Å². The first-order valence-electron chi connectivity index (χ1n) is 11.0. The number of aryl methyl sites for hydroxylation is 1. The quantitative estimate of drug-likeness (QED) is 0.507. The van der Waals surface area contributed by atoms with E-state index in [1.165, 1.54) is 11.1 Å². The van der Waals surface area contributed by atoms with Crippen LogP contribution in [0.15, 0.2) is 54.6 Å². The van der Waals surface area contributed by atoms with E-state index in [1.54, 1.807) is 16.7 Å². The molecule has 1 unspecified atom stereocenters. The molecule has 4 nitrogen and oxygen atoms in total. The van der Waals surface area contributed by atoms with Gasteiger partial charge in [0, 0.05) is 30.0 Å². The predicted octanol–water partition coefficient (Wildman–Crippen LogP) is 5.34. The lowest BCUT2D eigenvalue weighted by Crippen LogP contribution is -2.53. The third-order valence-electron chi connectivity index (χ3n) is 4.93. The van der Waals surface area contributed by atoms with Gasteiger partial charge in [0.2, 0.25) is 11.8 Å². The second-order valence-electron chi connectivity index (χ2n) is 8.96. The van der Waals surface area contributed by atoms with Crippen molar-refractivity contribution < 1.29 is 9.59 Å². The Hall–Kier alpha value is -2.27. The van der Waals surface area contributed by atoms with Crippen molar-refractivity contribution in [2.24, 2.45) is 0 Å². The van der Waals surface area contributed by atoms with Crippen LogP contribution in [0, 0.1) is 6.92 Å². The third-order valence-corrected chi connectivity index (χ3v) is 5.96. The molecule has 2 aromatic carbocycles. The Morgan fingerprint density at radius 2 is 1.65 bits per heavy atom. The Balaban J connectivity index is 2.08. The van der Waals surface area contributed by atoms with Gasteiger partial charge in [-0.3, -0.25) is 9.59 Å². The highest BCUT2D eigenvalue weighted by Gasteiger charge is 2.30. The monoisotopic (exact) mass is 440 g/mol. The second-order valence-corrected chi connectivity index (χ2v) is 10.1. The van der Waals surface area contributed by atoms with E-state index in [-0.39, 0.29) is 17.4 Å². The first-order chi connectivity index (χ1) is 14.7. The number of rotatable bonds is 10.